The Hall–Kier alpha value is -2.74. The van der Waals surface area contributed by atoms with Gasteiger partial charge < -0.3 is 9.32 Å². The van der Waals surface area contributed by atoms with E-state index in [4.69, 9.17) is 4.42 Å². The first-order valence-corrected chi connectivity index (χ1v) is 11.7. The third-order valence-electron chi connectivity index (χ3n) is 7.02. The summed E-state index contributed by atoms with van der Waals surface area (Å²) in [6.07, 6.45) is 6.67. The molecule has 160 valence electrons. The van der Waals surface area contributed by atoms with Crippen LogP contribution in [0.25, 0.3) is 21.9 Å². The molecule has 31 heavy (non-hydrogen) atoms. The highest BCUT2D eigenvalue weighted by Crippen LogP contribution is 2.43. The monoisotopic (exact) mass is 411 g/mol. The number of benzene rings is 3. The molecule has 1 heterocycles. The van der Waals surface area contributed by atoms with Crippen molar-refractivity contribution in [2.24, 2.45) is 0 Å². The average Bonchev–Trinajstić information content (AvgIpc) is 3.17. The van der Waals surface area contributed by atoms with Crippen LogP contribution in [0.15, 0.2) is 65.1 Å². The molecule has 1 aromatic heterocycles. The number of para-hydroxylation sites is 3. The Morgan fingerprint density at radius 2 is 1.39 bits per heavy atom. The lowest BCUT2D eigenvalue weighted by Crippen LogP contribution is -2.15. The first kappa shape index (κ1) is 20.2. The van der Waals surface area contributed by atoms with Gasteiger partial charge in [-0.3, -0.25) is 0 Å². The van der Waals surface area contributed by atoms with Gasteiger partial charge >= 0.3 is 0 Å². The SMILES string of the molecule is CN(c1ccccc1C1CCCCC1)c1cccc2c1oc1c(C(C)(C)C)cccc12. The summed E-state index contributed by atoms with van der Waals surface area (Å²) in [5.41, 5.74) is 7.22. The molecule has 0 aliphatic heterocycles. The van der Waals surface area contributed by atoms with Gasteiger partial charge in [0.05, 0.1) is 5.69 Å². The second-order valence-electron chi connectivity index (χ2n) is 10.1. The maximum Gasteiger partial charge on any atom is 0.159 e. The molecule has 2 nitrogen and oxygen atoms in total. The Balaban J connectivity index is 1.66. The van der Waals surface area contributed by atoms with Crippen molar-refractivity contribution in [2.45, 2.75) is 64.2 Å². The molecule has 0 spiro atoms. The molecule has 5 rings (SSSR count). The molecule has 0 radical (unpaired) electrons. The Morgan fingerprint density at radius 1 is 0.742 bits per heavy atom. The fourth-order valence-corrected chi connectivity index (χ4v) is 5.34. The van der Waals surface area contributed by atoms with Gasteiger partial charge in [0, 0.05) is 29.1 Å². The molecule has 1 aliphatic rings. The fourth-order valence-electron chi connectivity index (χ4n) is 5.34. The lowest BCUT2D eigenvalue weighted by Gasteiger charge is -2.29. The maximum absolute atomic E-state index is 6.63. The van der Waals surface area contributed by atoms with E-state index in [1.807, 2.05) is 0 Å². The van der Waals surface area contributed by atoms with Crippen LogP contribution in [0, 0.1) is 0 Å². The summed E-state index contributed by atoms with van der Waals surface area (Å²) in [4.78, 5) is 2.34. The summed E-state index contributed by atoms with van der Waals surface area (Å²) in [6.45, 7) is 6.76. The van der Waals surface area contributed by atoms with Crippen LogP contribution >= 0.6 is 0 Å². The third-order valence-corrected chi connectivity index (χ3v) is 7.02. The van der Waals surface area contributed by atoms with Crippen LogP contribution in [0.5, 0.6) is 0 Å². The van der Waals surface area contributed by atoms with E-state index in [0.717, 1.165) is 16.9 Å². The standard InChI is InChI=1S/C29H33NO/c1-29(2,3)24-17-10-15-22-23-16-11-19-26(28(23)31-27(22)24)30(4)25-18-9-8-14-21(25)20-12-6-5-7-13-20/h8-11,14-20H,5-7,12-13H2,1-4H3. The van der Waals surface area contributed by atoms with Crippen molar-refractivity contribution in [1.29, 1.82) is 0 Å². The molecular formula is C29H33NO. The summed E-state index contributed by atoms with van der Waals surface area (Å²) >= 11 is 0. The molecule has 1 fully saturated rings. The van der Waals surface area contributed by atoms with Crippen LogP contribution < -0.4 is 4.90 Å². The number of rotatable bonds is 3. The number of fused-ring (bicyclic) bond motifs is 3. The molecule has 0 saturated heterocycles. The molecule has 4 aromatic rings. The van der Waals surface area contributed by atoms with Crippen molar-refractivity contribution in [3.63, 3.8) is 0 Å². The molecule has 2 heteroatoms. The third kappa shape index (κ3) is 3.52. The number of nitrogens with zero attached hydrogens (tertiary/aromatic N) is 1. The highest BCUT2D eigenvalue weighted by atomic mass is 16.3. The summed E-state index contributed by atoms with van der Waals surface area (Å²) < 4.78 is 6.63. The minimum Gasteiger partial charge on any atom is -0.454 e. The average molecular weight is 412 g/mol. The number of hydrogen-bond donors (Lipinski definition) is 0. The van der Waals surface area contributed by atoms with Crippen LogP contribution in [-0.2, 0) is 5.41 Å². The Morgan fingerprint density at radius 3 is 2.13 bits per heavy atom. The van der Waals surface area contributed by atoms with Crippen LogP contribution in [0.3, 0.4) is 0 Å². The molecule has 3 aromatic carbocycles. The zero-order valence-electron chi connectivity index (χ0n) is 19.2. The second-order valence-corrected chi connectivity index (χ2v) is 10.1. The van der Waals surface area contributed by atoms with Crippen molar-refractivity contribution in [2.75, 3.05) is 11.9 Å². The minimum absolute atomic E-state index is 0.0348. The predicted octanol–water partition coefficient (Wildman–Crippen LogP) is 8.70. The van der Waals surface area contributed by atoms with Crippen LogP contribution in [0.1, 0.15) is 69.9 Å². The Bertz CT molecular complexity index is 1220. The summed E-state index contributed by atoms with van der Waals surface area (Å²) in [7, 11) is 2.19. The van der Waals surface area contributed by atoms with Gasteiger partial charge in [-0.1, -0.05) is 88.6 Å². The molecule has 1 saturated carbocycles. The van der Waals surface area contributed by atoms with Gasteiger partial charge in [-0.15, -0.1) is 0 Å². The first-order chi connectivity index (χ1) is 14.9. The number of furan rings is 1. The molecule has 0 unspecified atom stereocenters. The summed E-state index contributed by atoms with van der Waals surface area (Å²) in [5, 5.41) is 2.40. The van der Waals surface area contributed by atoms with E-state index in [1.165, 1.54) is 59.7 Å². The first-order valence-electron chi connectivity index (χ1n) is 11.7. The largest absolute Gasteiger partial charge is 0.454 e. The second kappa shape index (κ2) is 7.75. The Labute approximate surface area is 185 Å². The lowest BCUT2D eigenvalue weighted by molar-refractivity contribution is 0.444. The topological polar surface area (TPSA) is 16.4 Å². The van der Waals surface area contributed by atoms with E-state index in [9.17, 15) is 0 Å². The molecule has 0 atom stereocenters. The van der Waals surface area contributed by atoms with Crippen LogP contribution in [0.2, 0.25) is 0 Å². The van der Waals surface area contributed by atoms with E-state index in [0.29, 0.717) is 5.92 Å². The van der Waals surface area contributed by atoms with E-state index in [-0.39, 0.29) is 5.41 Å². The number of anilines is 2. The molecule has 1 aliphatic carbocycles. The van der Waals surface area contributed by atoms with Gasteiger partial charge in [0.2, 0.25) is 0 Å². The van der Waals surface area contributed by atoms with Crippen molar-refractivity contribution in [3.8, 4) is 0 Å². The van der Waals surface area contributed by atoms with Gasteiger partial charge in [-0.2, -0.15) is 0 Å². The van der Waals surface area contributed by atoms with Gasteiger partial charge in [-0.25, -0.2) is 0 Å². The zero-order valence-corrected chi connectivity index (χ0v) is 19.2. The van der Waals surface area contributed by atoms with Crippen molar-refractivity contribution in [1.82, 2.24) is 0 Å². The lowest BCUT2D eigenvalue weighted by atomic mass is 9.83. The maximum atomic E-state index is 6.63. The number of hydrogen-bond acceptors (Lipinski definition) is 2. The summed E-state index contributed by atoms with van der Waals surface area (Å²) in [5.74, 6) is 0.662. The Kier molecular flexibility index (Phi) is 5.04. The summed E-state index contributed by atoms with van der Waals surface area (Å²) in [6, 6.07) is 22.1. The van der Waals surface area contributed by atoms with E-state index in [2.05, 4.69) is 93.4 Å². The van der Waals surface area contributed by atoms with Gasteiger partial charge in [0.15, 0.2) is 5.58 Å². The van der Waals surface area contributed by atoms with E-state index < -0.39 is 0 Å². The van der Waals surface area contributed by atoms with Crippen LogP contribution in [-0.4, -0.2) is 7.05 Å². The van der Waals surface area contributed by atoms with Crippen molar-refractivity contribution in [3.05, 3.63) is 71.8 Å². The van der Waals surface area contributed by atoms with Crippen LogP contribution in [0.4, 0.5) is 11.4 Å². The van der Waals surface area contributed by atoms with Gasteiger partial charge in [-0.05, 0) is 41.9 Å². The molecular weight excluding hydrogens is 378 g/mol. The highest BCUT2D eigenvalue weighted by Gasteiger charge is 2.24. The van der Waals surface area contributed by atoms with Gasteiger partial charge in [0.25, 0.3) is 0 Å². The van der Waals surface area contributed by atoms with Crippen molar-refractivity contribution < 1.29 is 4.42 Å². The van der Waals surface area contributed by atoms with Crippen molar-refractivity contribution >= 4 is 33.3 Å². The quantitative estimate of drug-likeness (QED) is 0.335. The van der Waals surface area contributed by atoms with E-state index in [1.54, 1.807) is 0 Å². The normalized spacial score (nSPS) is 15.6. The molecule has 0 amide bonds. The zero-order chi connectivity index (χ0) is 21.6. The van der Waals surface area contributed by atoms with Gasteiger partial charge in [0.1, 0.15) is 5.58 Å². The van der Waals surface area contributed by atoms with E-state index >= 15 is 0 Å². The smallest absolute Gasteiger partial charge is 0.159 e. The predicted molar refractivity (Wildman–Crippen MR) is 133 cm³/mol. The molecule has 0 bridgehead atoms. The highest BCUT2D eigenvalue weighted by molar-refractivity contribution is 6.10. The fraction of sp³-hybridized carbons (Fsp3) is 0.379. The molecule has 0 N–H and O–H groups in total. The minimum atomic E-state index is 0.0348.